The van der Waals surface area contributed by atoms with Crippen LogP contribution < -0.4 is 10.6 Å². The fourth-order valence-electron chi connectivity index (χ4n) is 7.94. The van der Waals surface area contributed by atoms with E-state index in [9.17, 15) is 23.2 Å². The number of piperazine rings is 1. The molecule has 0 radical (unpaired) electrons. The number of halogens is 2. The van der Waals surface area contributed by atoms with Crippen molar-refractivity contribution in [1.82, 2.24) is 14.8 Å². The summed E-state index contributed by atoms with van der Waals surface area (Å²) in [6.45, 7) is 1.82. The molecule has 8 nitrogen and oxygen atoms in total. The fourth-order valence-corrected chi connectivity index (χ4v) is 7.94. The summed E-state index contributed by atoms with van der Waals surface area (Å²) in [5, 5.41) is 5.85. The Morgan fingerprint density at radius 2 is 1.74 bits per heavy atom. The van der Waals surface area contributed by atoms with E-state index in [4.69, 9.17) is 0 Å². The van der Waals surface area contributed by atoms with Crippen molar-refractivity contribution in [3.8, 4) is 0 Å². The molecule has 4 aliphatic rings. The molecule has 1 saturated heterocycles. The number of rotatable bonds is 4. The van der Waals surface area contributed by atoms with Gasteiger partial charge in [-0.2, -0.15) is 0 Å². The number of carbonyl (C=O) groups excluding carboxylic acids is 3. The van der Waals surface area contributed by atoms with Crippen molar-refractivity contribution in [3.63, 3.8) is 0 Å². The van der Waals surface area contributed by atoms with Crippen LogP contribution in [0.4, 0.5) is 20.3 Å². The van der Waals surface area contributed by atoms with Crippen molar-refractivity contribution >= 4 is 29.2 Å². The Kier molecular flexibility index (Phi) is 6.22. The van der Waals surface area contributed by atoms with E-state index in [-0.39, 0.29) is 18.4 Å². The van der Waals surface area contributed by atoms with Gasteiger partial charge in [-0.25, -0.2) is 13.8 Å². The largest absolute Gasteiger partial charge is 0.325 e. The van der Waals surface area contributed by atoms with E-state index >= 15 is 0 Å². The normalized spacial score (nSPS) is 25.7. The van der Waals surface area contributed by atoms with Gasteiger partial charge in [0.15, 0.2) is 0 Å². The number of nitrogens with one attached hydrogen (secondary N) is 2. The van der Waals surface area contributed by atoms with Crippen molar-refractivity contribution < 1.29 is 23.2 Å². The lowest BCUT2D eigenvalue weighted by Gasteiger charge is -2.55. The summed E-state index contributed by atoms with van der Waals surface area (Å²) in [5.74, 6) is -1.56. The molecule has 2 aliphatic carbocycles. The number of nitrogens with zero attached hydrogens (tertiary/aromatic N) is 3. The minimum Gasteiger partial charge on any atom is -0.325 e. The Morgan fingerprint density at radius 1 is 1.02 bits per heavy atom. The number of pyridine rings is 1. The number of carbonyl (C=O) groups is 3. The number of benzene rings is 2. The zero-order valence-electron chi connectivity index (χ0n) is 24.2. The van der Waals surface area contributed by atoms with E-state index in [1.54, 1.807) is 19.2 Å². The molecule has 3 amide bonds. The first-order chi connectivity index (χ1) is 20.5. The average Bonchev–Trinajstić information content (AvgIpc) is 3.67. The van der Waals surface area contributed by atoms with Crippen LogP contribution in [-0.2, 0) is 38.2 Å². The Hall–Kier alpha value is -4.18. The van der Waals surface area contributed by atoms with Gasteiger partial charge in [0.2, 0.25) is 17.7 Å². The van der Waals surface area contributed by atoms with Gasteiger partial charge in [-0.1, -0.05) is 25.0 Å². The van der Waals surface area contributed by atoms with Crippen LogP contribution in [0, 0.1) is 11.6 Å². The molecule has 2 fully saturated rings. The van der Waals surface area contributed by atoms with Crippen LogP contribution in [0.25, 0.3) is 0 Å². The number of aromatic nitrogens is 1. The quantitative estimate of drug-likeness (QED) is 0.477. The lowest BCUT2D eigenvalue weighted by Crippen LogP contribution is -2.71. The molecule has 2 N–H and O–H groups in total. The molecule has 0 bridgehead atoms. The summed E-state index contributed by atoms with van der Waals surface area (Å²) in [6.07, 6.45) is 5.83. The van der Waals surface area contributed by atoms with Crippen LogP contribution in [0.1, 0.15) is 54.9 Å². The van der Waals surface area contributed by atoms with Crippen LogP contribution in [-0.4, -0.2) is 58.2 Å². The first-order valence-corrected chi connectivity index (χ1v) is 14.7. The molecule has 3 heterocycles. The van der Waals surface area contributed by atoms with Crippen molar-refractivity contribution in [1.29, 1.82) is 0 Å². The van der Waals surface area contributed by atoms with E-state index in [0.29, 0.717) is 49.3 Å². The van der Waals surface area contributed by atoms with Crippen LogP contribution in [0.3, 0.4) is 0 Å². The Morgan fingerprint density at radius 3 is 2.49 bits per heavy atom. The lowest BCUT2D eigenvalue weighted by atomic mass is 9.79. The Labute approximate surface area is 248 Å². The summed E-state index contributed by atoms with van der Waals surface area (Å²) < 4.78 is 28.8. The predicted octanol–water partition coefficient (Wildman–Crippen LogP) is 4.29. The number of likely N-dealkylation sites (N-methyl/N-ethyl adjacent to an activating group) is 1. The third kappa shape index (κ3) is 4.17. The van der Waals surface area contributed by atoms with Gasteiger partial charge in [-0.3, -0.25) is 19.3 Å². The summed E-state index contributed by atoms with van der Waals surface area (Å²) in [5.41, 5.74) is 1.14. The van der Waals surface area contributed by atoms with Gasteiger partial charge in [-0.05, 0) is 86.7 Å². The molecule has 7 rings (SSSR count). The maximum atomic E-state index is 14.4. The van der Waals surface area contributed by atoms with E-state index in [1.807, 2.05) is 36.2 Å². The maximum Gasteiger partial charge on any atom is 0.244 e. The number of hydrogen-bond acceptors (Lipinski definition) is 5. The summed E-state index contributed by atoms with van der Waals surface area (Å²) >= 11 is 0. The minimum absolute atomic E-state index is 0.0783. The maximum absolute atomic E-state index is 14.4. The zero-order valence-corrected chi connectivity index (χ0v) is 24.2. The molecule has 1 unspecified atom stereocenters. The van der Waals surface area contributed by atoms with Crippen LogP contribution in [0.2, 0.25) is 0 Å². The van der Waals surface area contributed by atoms with E-state index in [0.717, 1.165) is 35.6 Å². The predicted molar refractivity (Wildman–Crippen MR) is 156 cm³/mol. The van der Waals surface area contributed by atoms with Crippen LogP contribution in [0.5, 0.6) is 0 Å². The highest BCUT2D eigenvalue weighted by Crippen LogP contribution is 2.48. The summed E-state index contributed by atoms with van der Waals surface area (Å²) in [6, 6.07) is 12.7. The van der Waals surface area contributed by atoms with Crippen molar-refractivity contribution in [2.75, 3.05) is 30.8 Å². The van der Waals surface area contributed by atoms with E-state index in [2.05, 4.69) is 15.6 Å². The smallest absolute Gasteiger partial charge is 0.244 e. The number of anilines is 2. The molecule has 1 saturated carbocycles. The number of fused-ring (bicyclic) bond motifs is 3. The molecule has 2 aromatic carbocycles. The number of hydrogen-bond donors (Lipinski definition) is 2. The molecule has 1 aromatic heterocycles. The highest BCUT2D eigenvalue weighted by Gasteiger charge is 2.57. The zero-order chi connectivity index (χ0) is 30.1. The van der Waals surface area contributed by atoms with Crippen LogP contribution >= 0.6 is 0 Å². The first kappa shape index (κ1) is 27.6. The number of amides is 3. The third-order valence-electron chi connectivity index (χ3n) is 10.2. The van der Waals surface area contributed by atoms with Gasteiger partial charge in [0.1, 0.15) is 29.5 Å². The van der Waals surface area contributed by atoms with Gasteiger partial charge in [-0.15, -0.1) is 0 Å². The van der Waals surface area contributed by atoms with Crippen LogP contribution in [0.15, 0.2) is 54.7 Å². The lowest BCUT2D eigenvalue weighted by molar-refractivity contribution is -0.164. The third-order valence-corrected chi connectivity index (χ3v) is 10.2. The highest BCUT2D eigenvalue weighted by molar-refractivity contribution is 6.06. The van der Waals surface area contributed by atoms with Gasteiger partial charge in [0, 0.05) is 30.1 Å². The molecule has 43 heavy (non-hydrogen) atoms. The van der Waals surface area contributed by atoms with Gasteiger partial charge in [0.05, 0.1) is 11.0 Å². The van der Waals surface area contributed by atoms with E-state index < -0.39 is 34.0 Å². The monoisotopic (exact) mass is 585 g/mol. The Bertz CT molecular complexity index is 1670. The van der Waals surface area contributed by atoms with E-state index in [1.165, 1.54) is 17.0 Å². The van der Waals surface area contributed by atoms with Crippen molar-refractivity contribution in [2.24, 2.45) is 0 Å². The van der Waals surface area contributed by atoms with Gasteiger partial charge < -0.3 is 15.5 Å². The summed E-state index contributed by atoms with van der Waals surface area (Å²) in [4.78, 5) is 48.7. The Balaban J connectivity index is 1.16. The van der Waals surface area contributed by atoms with Crippen molar-refractivity contribution in [2.45, 2.75) is 61.9 Å². The second-order valence-electron chi connectivity index (χ2n) is 12.7. The molecule has 3 aromatic rings. The first-order valence-electron chi connectivity index (χ1n) is 14.7. The van der Waals surface area contributed by atoms with Crippen molar-refractivity contribution in [3.05, 3.63) is 88.6 Å². The molecule has 2 atom stereocenters. The molecular weight excluding hydrogens is 552 g/mol. The molecular formula is C33H33F2N5O3. The SMILES string of the molecule is CN1CC(C)(c2cc(F)cc(F)c2)N(CC(=O)Nc2ccc3c(c2)C[C@@]2(C3)C(=O)Nc3ncccc32)C(=O)C12CCCC2. The minimum atomic E-state index is -1.14. The van der Waals surface area contributed by atoms with Gasteiger partial charge in [0.25, 0.3) is 0 Å². The summed E-state index contributed by atoms with van der Waals surface area (Å²) in [7, 11) is 1.88. The second kappa shape index (κ2) is 9.67. The molecule has 10 heteroatoms. The molecule has 2 spiro atoms. The topological polar surface area (TPSA) is 94.6 Å². The standard InChI is InChI=1S/C33H33F2N5O3/c1-31(22-13-23(34)15-24(35)14-22)19-39(2)33(9-3-4-10-33)30(43)40(31)18-27(41)37-25-8-7-20-16-32(17-21(20)12-25)26-6-5-11-36-28(26)38-29(32)42/h5-8,11-15H,3-4,9-10,16-19H2,1-2H3,(H,37,41)(H,36,38,42)/t31?,32-/m1/s1. The fraction of sp³-hybridized carbons (Fsp3) is 0.394. The second-order valence-corrected chi connectivity index (χ2v) is 12.7. The van der Waals surface area contributed by atoms with Gasteiger partial charge >= 0.3 is 0 Å². The highest BCUT2D eigenvalue weighted by atomic mass is 19.1. The molecule has 222 valence electrons. The average molecular weight is 586 g/mol. The molecule has 2 aliphatic heterocycles.